The van der Waals surface area contributed by atoms with Gasteiger partial charge in [0.2, 0.25) is 0 Å². The van der Waals surface area contributed by atoms with Gasteiger partial charge in [-0.05, 0) is 20.8 Å². The van der Waals surface area contributed by atoms with Crippen molar-refractivity contribution in [3.8, 4) is 0 Å². The largest absolute Gasteiger partial charge is 0.372 e. The van der Waals surface area contributed by atoms with Crippen LogP contribution in [-0.4, -0.2) is 41.0 Å². The third-order valence-corrected chi connectivity index (χ3v) is 4.03. The van der Waals surface area contributed by atoms with Crippen LogP contribution in [0.15, 0.2) is 6.07 Å². The van der Waals surface area contributed by atoms with Crippen LogP contribution in [-0.2, 0) is 4.74 Å². The normalized spacial score (nSPS) is 23.4. The number of nitro groups is 1. The van der Waals surface area contributed by atoms with Gasteiger partial charge >= 0.3 is 0 Å². The topological polar surface area (TPSA) is 72.7 Å². The molecule has 2 rings (SSSR count). The first-order valence-corrected chi connectivity index (χ1v) is 6.89. The summed E-state index contributed by atoms with van der Waals surface area (Å²) >= 11 is 1.17. The molecule has 1 fully saturated rings. The van der Waals surface area contributed by atoms with Gasteiger partial charge in [0.05, 0.1) is 26.9 Å². The zero-order valence-corrected chi connectivity index (χ0v) is 11.9. The van der Waals surface area contributed by atoms with E-state index in [0.29, 0.717) is 22.8 Å². The Labute approximate surface area is 115 Å². The van der Waals surface area contributed by atoms with Crippen molar-refractivity contribution in [2.24, 2.45) is 0 Å². The number of carbonyl (C=O) groups is 1. The van der Waals surface area contributed by atoms with E-state index in [4.69, 9.17) is 4.74 Å². The fourth-order valence-electron chi connectivity index (χ4n) is 2.26. The van der Waals surface area contributed by atoms with Crippen molar-refractivity contribution in [2.75, 3.05) is 13.1 Å². The lowest BCUT2D eigenvalue weighted by atomic mass is 10.2. The summed E-state index contributed by atoms with van der Waals surface area (Å²) in [5.41, 5.74) is 0.0164. The standard InChI is InChI=1S/C12H16N2O4S/c1-7-5-13(6-8(2)18-7)12(15)11-4-10(14(16)17)9(3)19-11/h4,7-8H,5-6H2,1-3H3. The van der Waals surface area contributed by atoms with E-state index >= 15 is 0 Å². The second-order valence-corrected chi connectivity index (χ2v) is 6.03. The molecule has 2 unspecified atom stereocenters. The van der Waals surface area contributed by atoms with Crippen molar-refractivity contribution in [1.82, 2.24) is 4.90 Å². The maximum absolute atomic E-state index is 12.3. The zero-order chi connectivity index (χ0) is 14.2. The van der Waals surface area contributed by atoms with Crippen LogP contribution in [0.4, 0.5) is 5.69 Å². The van der Waals surface area contributed by atoms with Gasteiger partial charge in [-0.2, -0.15) is 0 Å². The highest BCUT2D eigenvalue weighted by Gasteiger charge is 2.29. The number of hydrogen-bond acceptors (Lipinski definition) is 5. The van der Waals surface area contributed by atoms with Crippen molar-refractivity contribution in [1.29, 1.82) is 0 Å². The van der Waals surface area contributed by atoms with Gasteiger partial charge in [0.1, 0.15) is 0 Å². The van der Waals surface area contributed by atoms with Crippen molar-refractivity contribution in [3.05, 3.63) is 25.9 Å². The lowest BCUT2D eigenvalue weighted by Gasteiger charge is -2.35. The SMILES string of the molecule is Cc1sc(C(=O)N2CC(C)OC(C)C2)cc1[N+](=O)[O-]. The van der Waals surface area contributed by atoms with Gasteiger partial charge in [-0.15, -0.1) is 11.3 Å². The molecule has 1 aromatic heterocycles. The van der Waals surface area contributed by atoms with Gasteiger partial charge in [0.25, 0.3) is 11.6 Å². The number of amides is 1. The number of thiophene rings is 1. The molecule has 1 aromatic rings. The minimum Gasteiger partial charge on any atom is -0.372 e. The highest BCUT2D eigenvalue weighted by atomic mass is 32.1. The molecule has 0 aromatic carbocycles. The number of morpholine rings is 1. The van der Waals surface area contributed by atoms with E-state index in [9.17, 15) is 14.9 Å². The summed E-state index contributed by atoms with van der Waals surface area (Å²) in [6.45, 7) is 6.53. The maximum Gasteiger partial charge on any atom is 0.283 e. The Morgan fingerprint density at radius 2 is 2.05 bits per heavy atom. The van der Waals surface area contributed by atoms with Gasteiger partial charge in [0, 0.05) is 19.2 Å². The first kappa shape index (κ1) is 14.0. The third-order valence-electron chi connectivity index (χ3n) is 3.01. The molecule has 6 nitrogen and oxygen atoms in total. The summed E-state index contributed by atoms with van der Waals surface area (Å²) in [6, 6.07) is 1.37. The quantitative estimate of drug-likeness (QED) is 0.616. The number of ether oxygens (including phenoxy) is 1. The Bertz CT molecular complexity index is 504. The minimum absolute atomic E-state index is 0.0104. The van der Waals surface area contributed by atoms with E-state index in [1.165, 1.54) is 17.4 Å². The van der Waals surface area contributed by atoms with Crippen molar-refractivity contribution in [2.45, 2.75) is 33.0 Å². The summed E-state index contributed by atoms with van der Waals surface area (Å²) in [7, 11) is 0. The molecule has 0 saturated carbocycles. The lowest BCUT2D eigenvalue weighted by molar-refractivity contribution is -0.385. The highest BCUT2D eigenvalue weighted by molar-refractivity contribution is 7.14. The Morgan fingerprint density at radius 3 is 2.53 bits per heavy atom. The molecule has 0 radical (unpaired) electrons. The average Bonchev–Trinajstić information content (AvgIpc) is 2.69. The molecule has 0 aliphatic carbocycles. The summed E-state index contributed by atoms with van der Waals surface area (Å²) in [4.78, 5) is 25.4. The molecule has 2 heterocycles. The van der Waals surface area contributed by atoms with Crippen LogP contribution in [0.25, 0.3) is 0 Å². The van der Waals surface area contributed by atoms with E-state index in [-0.39, 0.29) is 23.8 Å². The minimum atomic E-state index is -0.451. The van der Waals surface area contributed by atoms with Crippen LogP contribution in [0.3, 0.4) is 0 Å². The predicted octanol–water partition coefficient (Wildman–Crippen LogP) is 2.21. The summed E-state index contributed by atoms with van der Waals surface area (Å²) in [5, 5.41) is 10.8. The van der Waals surface area contributed by atoms with Crippen molar-refractivity contribution < 1.29 is 14.5 Å². The molecule has 0 bridgehead atoms. The number of nitrogens with zero attached hydrogens (tertiary/aromatic N) is 2. The molecule has 0 spiro atoms. The summed E-state index contributed by atoms with van der Waals surface area (Å²) in [5.74, 6) is -0.150. The van der Waals surface area contributed by atoms with Gasteiger partial charge < -0.3 is 9.64 Å². The molecule has 0 N–H and O–H groups in total. The van der Waals surface area contributed by atoms with Crippen LogP contribution < -0.4 is 0 Å². The monoisotopic (exact) mass is 284 g/mol. The van der Waals surface area contributed by atoms with E-state index in [0.717, 1.165) is 0 Å². The van der Waals surface area contributed by atoms with E-state index in [1.54, 1.807) is 11.8 Å². The number of carbonyl (C=O) groups excluding carboxylic acids is 1. The molecule has 1 saturated heterocycles. The van der Waals surface area contributed by atoms with E-state index in [1.807, 2.05) is 13.8 Å². The third kappa shape index (κ3) is 2.93. The smallest absolute Gasteiger partial charge is 0.283 e. The van der Waals surface area contributed by atoms with Crippen LogP contribution >= 0.6 is 11.3 Å². The number of hydrogen-bond donors (Lipinski definition) is 0. The van der Waals surface area contributed by atoms with Crippen LogP contribution in [0.1, 0.15) is 28.4 Å². The second kappa shape index (κ2) is 5.26. The Morgan fingerprint density at radius 1 is 1.47 bits per heavy atom. The Balaban J connectivity index is 2.19. The molecule has 19 heavy (non-hydrogen) atoms. The predicted molar refractivity (Wildman–Crippen MR) is 71.6 cm³/mol. The van der Waals surface area contributed by atoms with E-state index in [2.05, 4.69) is 0 Å². The van der Waals surface area contributed by atoms with Gasteiger partial charge in [-0.25, -0.2) is 0 Å². The molecular weight excluding hydrogens is 268 g/mol. The highest BCUT2D eigenvalue weighted by Crippen LogP contribution is 2.29. The molecule has 7 heteroatoms. The molecule has 1 aliphatic rings. The fraction of sp³-hybridized carbons (Fsp3) is 0.583. The molecule has 1 amide bonds. The van der Waals surface area contributed by atoms with Crippen molar-refractivity contribution in [3.63, 3.8) is 0 Å². The number of rotatable bonds is 2. The first-order chi connectivity index (χ1) is 8.88. The second-order valence-electron chi connectivity index (χ2n) is 4.78. The summed E-state index contributed by atoms with van der Waals surface area (Å²) < 4.78 is 5.57. The van der Waals surface area contributed by atoms with Crippen LogP contribution in [0.2, 0.25) is 0 Å². The lowest BCUT2D eigenvalue weighted by Crippen LogP contribution is -2.48. The number of aryl methyl sites for hydroxylation is 1. The van der Waals surface area contributed by atoms with Gasteiger partial charge in [-0.3, -0.25) is 14.9 Å². The molecule has 2 atom stereocenters. The average molecular weight is 284 g/mol. The van der Waals surface area contributed by atoms with E-state index < -0.39 is 4.92 Å². The van der Waals surface area contributed by atoms with Gasteiger partial charge in [-0.1, -0.05) is 0 Å². The molecule has 1 aliphatic heterocycles. The first-order valence-electron chi connectivity index (χ1n) is 6.08. The van der Waals surface area contributed by atoms with Crippen molar-refractivity contribution >= 4 is 22.9 Å². The molecular formula is C12H16N2O4S. The maximum atomic E-state index is 12.3. The Kier molecular flexibility index (Phi) is 3.86. The zero-order valence-electron chi connectivity index (χ0n) is 11.1. The summed E-state index contributed by atoms with van der Waals surface area (Å²) in [6.07, 6.45) is -0.0208. The van der Waals surface area contributed by atoms with Crippen LogP contribution in [0, 0.1) is 17.0 Å². The van der Waals surface area contributed by atoms with Crippen LogP contribution in [0.5, 0.6) is 0 Å². The van der Waals surface area contributed by atoms with Gasteiger partial charge in [0.15, 0.2) is 0 Å². The molecule has 104 valence electrons. The Hall–Kier alpha value is -1.47. The fourth-order valence-corrected chi connectivity index (χ4v) is 3.21.